The van der Waals surface area contributed by atoms with Crippen molar-refractivity contribution in [2.75, 3.05) is 19.6 Å². The first kappa shape index (κ1) is 14.6. The molecule has 0 atom stereocenters. The van der Waals surface area contributed by atoms with Crippen LogP contribution in [-0.2, 0) is 4.79 Å². The zero-order chi connectivity index (χ0) is 13.6. The summed E-state index contributed by atoms with van der Waals surface area (Å²) in [5.74, 6) is 0.0597. The largest absolute Gasteiger partial charge is 0.351 e. The summed E-state index contributed by atoms with van der Waals surface area (Å²) in [5, 5.41) is 3.12. The third kappa shape index (κ3) is 3.82. The summed E-state index contributed by atoms with van der Waals surface area (Å²) >= 11 is 0. The molecule has 19 heavy (non-hydrogen) atoms. The van der Waals surface area contributed by atoms with E-state index in [4.69, 9.17) is 0 Å². The summed E-state index contributed by atoms with van der Waals surface area (Å²) in [4.78, 5) is 14.4. The van der Waals surface area contributed by atoms with Crippen LogP contribution >= 0.6 is 0 Å². The fourth-order valence-electron chi connectivity index (χ4n) is 3.64. The molecule has 0 bridgehead atoms. The maximum atomic E-state index is 11.7. The summed E-state index contributed by atoms with van der Waals surface area (Å²) in [6.07, 6.45) is 14.0. The lowest BCUT2D eigenvalue weighted by Crippen LogP contribution is -2.58. The second-order valence-corrected chi connectivity index (χ2v) is 6.05. The Labute approximate surface area is 117 Å². The number of nitrogens with one attached hydrogen (secondary N) is 1. The third-order valence-corrected chi connectivity index (χ3v) is 4.72. The number of hydrogen-bond acceptors (Lipinski definition) is 2. The Bertz CT molecular complexity index is 313. The predicted molar refractivity (Wildman–Crippen MR) is 79.1 cm³/mol. The molecule has 1 saturated carbocycles. The number of rotatable bonds is 4. The molecule has 0 aromatic heterocycles. The van der Waals surface area contributed by atoms with Crippen LogP contribution in [0.4, 0.5) is 0 Å². The zero-order valence-electron chi connectivity index (χ0n) is 12.3. The Morgan fingerprint density at radius 2 is 1.74 bits per heavy atom. The highest BCUT2D eigenvalue weighted by atomic mass is 16.1. The average Bonchev–Trinajstić information content (AvgIpc) is 2.47. The number of nitrogens with zero attached hydrogens (tertiary/aromatic N) is 1. The van der Waals surface area contributed by atoms with Gasteiger partial charge in [0.2, 0.25) is 5.91 Å². The van der Waals surface area contributed by atoms with Gasteiger partial charge >= 0.3 is 0 Å². The van der Waals surface area contributed by atoms with Gasteiger partial charge in [-0.2, -0.15) is 0 Å². The van der Waals surface area contributed by atoms with E-state index in [0.29, 0.717) is 0 Å². The van der Waals surface area contributed by atoms with Crippen LogP contribution in [0.2, 0.25) is 0 Å². The molecule has 0 radical (unpaired) electrons. The molecule has 1 aliphatic heterocycles. The van der Waals surface area contributed by atoms with Gasteiger partial charge in [-0.1, -0.05) is 31.8 Å². The summed E-state index contributed by atoms with van der Waals surface area (Å²) in [7, 11) is 0. The van der Waals surface area contributed by atoms with Gasteiger partial charge in [0, 0.05) is 12.1 Å². The van der Waals surface area contributed by atoms with E-state index < -0.39 is 0 Å². The minimum absolute atomic E-state index is 0.0597. The van der Waals surface area contributed by atoms with E-state index in [1.54, 1.807) is 6.08 Å². The van der Waals surface area contributed by atoms with Crippen LogP contribution in [0.3, 0.4) is 0 Å². The maximum absolute atomic E-state index is 11.7. The van der Waals surface area contributed by atoms with Gasteiger partial charge in [-0.15, -0.1) is 0 Å². The molecule has 1 aliphatic carbocycles. The molecular weight excluding hydrogens is 236 g/mol. The van der Waals surface area contributed by atoms with Crippen LogP contribution in [0.5, 0.6) is 0 Å². The molecule has 0 aromatic carbocycles. The van der Waals surface area contributed by atoms with Crippen molar-refractivity contribution >= 4 is 5.91 Å². The molecule has 1 amide bonds. The van der Waals surface area contributed by atoms with Gasteiger partial charge in [0.25, 0.3) is 0 Å². The second kappa shape index (κ2) is 7.09. The highest BCUT2D eigenvalue weighted by molar-refractivity contribution is 5.87. The molecule has 3 nitrogen and oxygen atoms in total. The Hall–Kier alpha value is -0.830. The monoisotopic (exact) mass is 264 g/mol. The van der Waals surface area contributed by atoms with Crippen LogP contribution in [0.1, 0.15) is 58.3 Å². The molecule has 3 heteroatoms. The number of carbonyl (C=O) groups is 1. The van der Waals surface area contributed by atoms with E-state index in [1.807, 2.05) is 13.0 Å². The van der Waals surface area contributed by atoms with Crippen molar-refractivity contribution in [1.82, 2.24) is 10.2 Å². The average molecular weight is 264 g/mol. The quantitative estimate of drug-likeness (QED) is 0.792. The number of hydrogen-bond donors (Lipinski definition) is 1. The Morgan fingerprint density at radius 1 is 1.11 bits per heavy atom. The van der Waals surface area contributed by atoms with Crippen molar-refractivity contribution in [3.63, 3.8) is 0 Å². The predicted octanol–water partition coefficient (Wildman–Crippen LogP) is 2.87. The lowest BCUT2D eigenvalue weighted by molar-refractivity contribution is -0.117. The molecular formula is C16H28N2O. The molecule has 0 unspecified atom stereocenters. The first-order valence-electron chi connectivity index (χ1n) is 7.92. The van der Waals surface area contributed by atoms with Gasteiger partial charge in [0.05, 0.1) is 0 Å². The molecule has 108 valence electrons. The zero-order valence-corrected chi connectivity index (χ0v) is 12.3. The molecule has 0 aromatic rings. The Morgan fingerprint density at radius 3 is 2.37 bits per heavy atom. The second-order valence-electron chi connectivity index (χ2n) is 6.05. The molecule has 0 spiro atoms. The van der Waals surface area contributed by atoms with E-state index in [1.165, 1.54) is 64.5 Å². The fraction of sp³-hybridized carbons (Fsp3) is 0.812. The van der Waals surface area contributed by atoms with Crippen molar-refractivity contribution in [3.05, 3.63) is 12.2 Å². The van der Waals surface area contributed by atoms with Gasteiger partial charge in [-0.05, 0) is 51.8 Å². The molecule has 2 rings (SSSR count). The lowest BCUT2D eigenvalue weighted by atomic mass is 9.79. The van der Waals surface area contributed by atoms with E-state index >= 15 is 0 Å². The van der Waals surface area contributed by atoms with Gasteiger partial charge < -0.3 is 5.32 Å². The first-order chi connectivity index (χ1) is 9.27. The number of amides is 1. The van der Waals surface area contributed by atoms with Gasteiger partial charge in [0.1, 0.15) is 0 Å². The molecule has 1 heterocycles. The number of likely N-dealkylation sites (tertiary alicyclic amines) is 1. The van der Waals surface area contributed by atoms with E-state index in [9.17, 15) is 4.79 Å². The normalized spacial score (nSPS) is 24.5. The highest BCUT2D eigenvalue weighted by Gasteiger charge is 2.38. The van der Waals surface area contributed by atoms with E-state index in [-0.39, 0.29) is 11.4 Å². The van der Waals surface area contributed by atoms with Crippen molar-refractivity contribution in [2.24, 2.45) is 0 Å². The van der Waals surface area contributed by atoms with E-state index in [0.717, 1.165) is 6.54 Å². The number of allylic oxidation sites excluding steroid dienone is 1. The maximum Gasteiger partial charge on any atom is 0.243 e. The van der Waals surface area contributed by atoms with Gasteiger partial charge in [-0.3, -0.25) is 9.69 Å². The number of carbonyl (C=O) groups excluding carboxylic acids is 1. The van der Waals surface area contributed by atoms with Crippen molar-refractivity contribution in [1.29, 1.82) is 0 Å². The fourth-order valence-corrected chi connectivity index (χ4v) is 3.64. The summed E-state index contributed by atoms with van der Waals surface area (Å²) in [5.41, 5.74) is 0.246. The highest BCUT2D eigenvalue weighted by Crippen LogP contribution is 2.35. The summed E-state index contributed by atoms with van der Waals surface area (Å²) in [6, 6.07) is 0. The van der Waals surface area contributed by atoms with Crippen LogP contribution in [-0.4, -0.2) is 36.0 Å². The van der Waals surface area contributed by atoms with Crippen LogP contribution in [0.15, 0.2) is 12.2 Å². The SMILES string of the molecule is CC=CC(=O)NCC1(N2CCCCC2)CCCCC1. The first-order valence-corrected chi connectivity index (χ1v) is 7.92. The standard InChI is InChI=1S/C16H28N2O/c1-2-9-15(19)17-14-16(10-5-3-6-11-16)18-12-7-4-8-13-18/h2,9H,3-8,10-14H2,1H3,(H,17,19). The van der Waals surface area contributed by atoms with Crippen LogP contribution < -0.4 is 5.32 Å². The third-order valence-electron chi connectivity index (χ3n) is 4.72. The summed E-state index contributed by atoms with van der Waals surface area (Å²) < 4.78 is 0. The number of piperidine rings is 1. The molecule has 2 fully saturated rings. The van der Waals surface area contributed by atoms with E-state index in [2.05, 4.69) is 10.2 Å². The lowest BCUT2D eigenvalue weighted by Gasteiger charge is -2.48. The van der Waals surface area contributed by atoms with Crippen LogP contribution in [0.25, 0.3) is 0 Å². The van der Waals surface area contributed by atoms with Gasteiger partial charge in [-0.25, -0.2) is 0 Å². The molecule has 2 aliphatic rings. The minimum Gasteiger partial charge on any atom is -0.351 e. The molecule has 1 N–H and O–H groups in total. The Kier molecular flexibility index (Phi) is 5.44. The minimum atomic E-state index is 0.0597. The molecule has 1 saturated heterocycles. The van der Waals surface area contributed by atoms with Crippen molar-refractivity contribution < 1.29 is 4.79 Å². The Balaban J connectivity index is 1.99. The summed E-state index contributed by atoms with van der Waals surface area (Å²) in [6.45, 7) is 5.16. The van der Waals surface area contributed by atoms with Crippen LogP contribution in [0, 0.1) is 0 Å². The van der Waals surface area contributed by atoms with Gasteiger partial charge in [0.15, 0.2) is 0 Å². The van der Waals surface area contributed by atoms with Crippen molar-refractivity contribution in [2.45, 2.75) is 63.8 Å². The smallest absolute Gasteiger partial charge is 0.243 e. The topological polar surface area (TPSA) is 32.3 Å². The van der Waals surface area contributed by atoms with Crippen molar-refractivity contribution in [3.8, 4) is 0 Å².